The lowest BCUT2D eigenvalue weighted by Crippen LogP contribution is -2.49. The number of nitrogens with one attached hydrogen (secondary N) is 1. The predicted octanol–water partition coefficient (Wildman–Crippen LogP) is 2.94. The molecule has 1 unspecified atom stereocenters. The molecule has 3 aromatic heterocycles. The van der Waals surface area contributed by atoms with Crippen molar-refractivity contribution in [3.8, 4) is 0 Å². The molecule has 5 rings (SSSR count). The van der Waals surface area contributed by atoms with Crippen LogP contribution in [0.25, 0.3) is 0 Å². The predicted molar refractivity (Wildman–Crippen MR) is 134 cm³/mol. The third-order valence-corrected chi connectivity index (χ3v) is 7.38. The molecule has 8 nitrogen and oxygen atoms in total. The smallest absolute Gasteiger partial charge is 0.152 e. The lowest BCUT2D eigenvalue weighted by Gasteiger charge is -2.41. The molecule has 34 heavy (non-hydrogen) atoms. The van der Waals surface area contributed by atoms with Crippen molar-refractivity contribution in [2.75, 3.05) is 55.7 Å². The zero-order valence-corrected chi connectivity index (χ0v) is 20.2. The summed E-state index contributed by atoms with van der Waals surface area (Å²) in [6.07, 6.45) is 5.82. The highest BCUT2D eigenvalue weighted by atomic mass is 16.3. The maximum absolute atomic E-state index is 9.50. The molecule has 2 aliphatic heterocycles. The van der Waals surface area contributed by atoms with Crippen molar-refractivity contribution < 1.29 is 5.11 Å². The summed E-state index contributed by atoms with van der Waals surface area (Å²) in [5.74, 6) is 1.50. The molecular weight excluding hydrogens is 426 g/mol. The van der Waals surface area contributed by atoms with E-state index in [1.54, 1.807) is 0 Å². The first kappa shape index (κ1) is 22.8. The first-order chi connectivity index (χ1) is 16.7. The van der Waals surface area contributed by atoms with Gasteiger partial charge >= 0.3 is 0 Å². The van der Waals surface area contributed by atoms with Crippen molar-refractivity contribution in [3.05, 3.63) is 65.4 Å². The van der Waals surface area contributed by atoms with Crippen molar-refractivity contribution in [2.45, 2.75) is 32.7 Å². The Balaban J connectivity index is 1.35. The van der Waals surface area contributed by atoms with E-state index in [2.05, 4.69) is 56.9 Å². The summed E-state index contributed by atoms with van der Waals surface area (Å²) in [7, 11) is 0. The minimum absolute atomic E-state index is 0.0907. The zero-order chi connectivity index (χ0) is 23.5. The molecule has 0 radical (unpaired) electrons. The SMILES string of the molecule is Cc1n[nH]c(C)c1C(c1ccccn1)N1CCN(c2cccnc2N2CCC(CO)CC2)CC1. The van der Waals surface area contributed by atoms with Crippen LogP contribution in [-0.4, -0.2) is 76.0 Å². The van der Waals surface area contributed by atoms with Crippen molar-refractivity contribution in [2.24, 2.45) is 5.92 Å². The van der Waals surface area contributed by atoms with E-state index in [1.807, 2.05) is 24.5 Å². The number of hydrogen-bond acceptors (Lipinski definition) is 7. The molecule has 8 heteroatoms. The minimum atomic E-state index is 0.0907. The lowest BCUT2D eigenvalue weighted by molar-refractivity contribution is 0.202. The van der Waals surface area contributed by atoms with E-state index in [4.69, 9.17) is 9.97 Å². The van der Waals surface area contributed by atoms with Gasteiger partial charge in [-0.1, -0.05) is 6.07 Å². The molecular formula is C26H35N7O. The average molecular weight is 462 g/mol. The van der Waals surface area contributed by atoms with Gasteiger partial charge in [-0.05, 0) is 56.9 Å². The number of piperazine rings is 1. The topological polar surface area (TPSA) is 84.4 Å². The van der Waals surface area contributed by atoms with E-state index in [0.29, 0.717) is 5.92 Å². The Bertz CT molecular complexity index is 1050. The van der Waals surface area contributed by atoms with Crippen LogP contribution in [0.15, 0.2) is 42.7 Å². The molecule has 180 valence electrons. The number of aromatic nitrogens is 4. The van der Waals surface area contributed by atoms with E-state index in [0.717, 1.165) is 75.0 Å². The number of anilines is 2. The summed E-state index contributed by atoms with van der Waals surface area (Å²) in [5, 5.41) is 17.1. The van der Waals surface area contributed by atoms with E-state index >= 15 is 0 Å². The summed E-state index contributed by atoms with van der Waals surface area (Å²) < 4.78 is 0. The van der Waals surface area contributed by atoms with Gasteiger partial charge in [-0.3, -0.25) is 15.0 Å². The summed E-state index contributed by atoms with van der Waals surface area (Å²) in [6.45, 7) is 10.1. The highest BCUT2D eigenvalue weighted by Gasteiger charge is 2.32. The van der Waals surface area contributed by atoms with Gasteiger partial charge in [0.2, 0.25) is 0 Å². The number of aryl methyl sites for hydroxylation is 2. The normalized spacial score (nSPS) is 18.9. The number of aromatic amines is 1. The molecule has 0 spiro atoms. The second-order valence-electron chi connectivity index (χ2n) is 9.49. The van der Waals surface area contributed by atoms with Crippen LogP contribution in [0.3, 0.4) is 0 Å². The number of rotatable bonds is 6. The van der Waals surface area contributed by atoms with Crippen molar-refractivity contribution in [3.63, 3.8) is 0 Å². The molecule has 5 heterocycles. The fourth-order valence-electron chi connectivity index (χ4n) is 5.45. The van der Waals surface area contributed by atoms with Gasteiger partial charge in [-0.25, -0.2) is 4.98 Å². The quantitative estimate of drug-likeness (QED) is 0.584. The average Bonchev–Trinajstić information content (AvgIpc) is 3.23. The first-order valence-electron chi connectivity index (χ1n) is 12.4. The highest BCUT2D eigenvalue weighted by Crippen LogP contribution is 2.35. The van der Waals surface area contributed by atoms with E-state index < -0.39 is 0 Å². The molecule has 0 bridgehead atoms. The van der Waals surface area contributed by atoms with Crippen LogP contribution in [-0.2, 0) is 0 Å². The number of aliphatic hydroxyl groups excluding tert-OH is 1. The third-order valence-electron chi connectivity index (χ3n) is 7.38. The Morgan fingerprint density at radius 3 is 2.35 bits per heavy atom. The molecule has 2 N–H and O–H groups in total. The van der Waals surface area contributed by atoms with Crippen molar-refractivity contribution in [1.82, 2.24) is 25.1 Å². The number of H-pyrrole nitrogens is 1. The molecule has 0 amide bonds. The van der Waals surface area contributed by atoms with Crippen LogP contribution >= 0.6 is 0 Å². The van der Waals surface area contributed by atoms with E-state index in [1.165, 1.54) is 11.3 Å². The Labute approximate surface area is 201 Å². The maximum atomic E-state index is 9.50. The fourth-order valence-corrected chi connectivity index (χ4v) is 5.45. The number of aliphatic hydroxyl groups is 1. The standard InChI is InChI=1S/C26H35N7O/c1-19-24(20(2)30-29-19)25(22-6-3-4-10-27-22)32-16-14-31(15-17-32)23-7-5-11-28-26(23)33-12-8-21(18-34)9-13-33/h3-7,10-11,21,25,34H,8-9,12-18H2,1-2H3,(H,29,30). The van der Waals surface area contributed by atoms with Crippen molar-refractivity contribution in [1.29, 1.82) is 0 Å². The molecule has 0 aliphatic carbocycles. The van der Waals surface area contributed by atoms with Gasteiger partial charge in [-0.15, -0.1) is 0 Å². The van der Waals surface area contributed by atoms with Crippen LogP contribution in [0.5, 0.6) is 0 Å². The number of nitrogens with zero attached hydrogens (tertiary/aromatic N) is 6. The van der Waals surface area contributed by atoms with Gasteiger partial charge in [0.15, 0.2) is 5.82 Å². The van der Waals surface area contributed by atoms with Crippen LogP contribution in [0, 0.1) is 19.8 Å². The monoisotopic (exact) mass is 461 g/mol. The molecule has 2 fully saturated rings. The van der Waals surface area contributed by atoms with Crippen molar-refractivity contribution >= 4 is 11.5 Å². The molecule has 1 atom stereocenters. The largest absolute Gasteiger partial charge is 0.396 e. The molecule has 2 aliphatic rings. The van der Waals surface area contributed by atoms with E-state index in [-0.39, 0.29) is 12.6 Å². The summed E-state index contributed by atoms with van der Waals surface area (Å²) in [4.78, 5) is 16.9. The van der Waals surface area contributed by atoms with Gasteiger partial charge in [0.05, 0.1) is 23.1 Å². The van der Waals surface area contributed by atoms with Gasteiger partial charge in [0.1, 0.15) is 0 Å². The Hall–Kier alpha value is -2.97. The summed E-state index contributed by atoms with van der Waals surface area (Å²) in [5.41, 5.74) is 5.67. The lowest BCUT2D eigenvalue weighted by atomic mass is 9.97. The van der Waals surface area contributed by atoms with E-state index in [9.17, 15) is 5.11 Å². The summed E-state index contributed by atoms with van der Waals surface area (Å²) in [6, 6.07) is 10.5. The van der Waals surface area contributed by atoms with Gasteiger partial charge in [0, 0.05) is 69.5 Å². The Morgan fingerprint density at radius 1 is 0.941 bits per heavy atom. The number of hydrogen-bond donors (Lipinski definition) is 2. The van der Waals surface area contributed by atoms with Crippen LogP contribution < -0.4 is 9.80 Å². The molecule has 2 saturated heterocycles. The second-order valence-corrected chi connectivity index (χ2v) is 9.49. The third kappa shape index (κ3) is 4.52. The minimum Gasteiger partial charge on any atom is -0.396 e. The maximum Gasteiger partial charge on any atom is 0.152 e. The van der Waals surface area contributed by atoms with Crippen LogP contribution in [0.4, 0.5) is 11.5 Å². The van der Waals surface area contributed by atoms with Crippen LogP contribution in [0.2, 0.25) is 0 Å². The molecule has 0 aromatic carbocycles. The Kier molecular flexibility index (Phi) is 6.78. The number of pyridine rings is 2. The van der Waals surface area contributed by atoms with Crippen LogP contribution in [0.1, 0.15) is 41.5 Å². The number of piperidine rings is 1. The molecule has 3 aromatic rings. The zero-order valence-electron chi connectivity index (χ0n) is 20.2. The second kappa shape index (κ2) is 10.1. The van der Waals surface area contributed by atoms with Gasteiger partial charge in [-0.2, -0.15) is 5.10 Å². The fraction of sp³-hybridized carbons (Fsp3) is 0.500. The van der Waals surface area contributed by atoms with Gasteiger partial charge in [0.25, 0.3) is 0 Å². The highest BCUT2D eigenvalue weighted by molar-refractivity contribution is 5.67. The summed E-state index contributed by atoms with van der Waals surface area (Å²) >= 11 is 0. The first-order valence-corrected chi connectivity index (χ1v) is 12.4. The van der Waals surface area contributed by atoms with Gasteiger partial charge < -0.3 is 14.9 Å². The Morgan fingerprint density at radius 2 is 1.71 bits per heavy atom. The molecule has 0 saturated carbocycles.